The molecule has 2 N–H and O–H groups in total. The zero-order chi connectivity index (χ0) is 20.3. The SMILES string of the molecule is C=CCOc1cc(C)c(C(O)c2ccc(O)c(C3CCCCC3)n2)c(Br)c1C. The van der Waals surface area contributed by atoms with Crippen molar-refractivity contribution < 1.29 is 14.9 Å². The second-order valence-corrected chi connectivity index (χ2v) is 8.31. The summed E-state index contributed by atoms with van der Waals surface area (Å²) in [6.45, 7) is 8.02. The molecule has 0 bridgehead atoms. The highest BCUT2D eigenvalue weighted by Crippen LogP contribution is 2.40. The van der Waals surface area contributed by atoms with E-state index in [9.17, 15) is 10.2 Å². The van der Waals surface area contributed by atoms with E-state index in [2.05, 4.69) is 22.5 Å². The van der Waals surface area contributed by atoms with Gasteiger partial charge >= 0.3 is 0 Å². The second-order valence-electron chi connectivity index (χ2n) is 7.52. The third-order valence-corrected chi connectivity index (χ3v) is 6.56. The second kappa shape index (κ2) is 9.10. The molecule has 1 saturated carbocycles. The van der Waals surface area contributed by atoms with E-state index in [1.807, 2.05) is 19.9 Å². The van der Waals surface area contributed by atoms with Gasteiger partial charge in [-0.05, 0) is 66.4 Å². The van der Waals surface area contributed by atoms with Crippen molar-refractivity contribution in [2.75, 3.05) is 6.61 Å². The highest BCUT2D eigenvalue weighted by atomic mass is 79.9. The smallest absolute Gasteiger partial charge is 0.137 e. The Bertz CT molecular complexity index is 859. The monoisotopic (exact) mass is 445 g/mol. The van der Waals surface area contributed by atoms with Crippen LogP contribution in [0.3, 0.4) is 0 Å². The summed E-state index contributed by atoms with van der Waals surface area (Å²) in [7, 11) is 0. The predicted molar refractivity (Wildman–Crippen MR) is 115 cm³/mol. The molecular weight excluding hydrogens is 418 g/mol. The van der Waals surface area contributed by atoms with Crippen molar-refractivity contribution in [3.8, 4) is 11.5 Å². The number of ether oxygens (including phenoxy) is 1. The molecule has 0 saturated heterocycles. The predicted octanol–water partition coefficient (Wildman–Crippen LogP) is 5.86. The van der Waals surface area contributed by atoms with Crippen molar-refractivity contribution in [1.82, 2.24) is 4.98 Å². The molecule has 2 aromatic rings. The van der Waals surface area contributed by atoms with Crippen LogP contribution in [0.5, 0.6) is 11.5 Å². The maximum Gasteiger partial charge on any atom is 0.137 e. The van der Waals surface area contributed by atoms with Crippen molar-refractivity contribution in [2.24, 2.45) is 0 Å². The van der Waals surface area contributed by atoms with Crippen LogP contribution in [-0.2, 0) is 0 Å². The Morgan fingerprint density at radius 3 is 2.68 bits per heavy atom. The van der Waals surface area contributed by atoms with Crippen LogP contribution in [0, 0.1) is 13.8 Å². The summed E-state index contributed by atoms with van der Waals surface area (Å²) in [4.78, 5) is 4.69. The number of rotatable bonds is 6. The molecule has 1 unspecified atom stereocenters. The average molecular weight is 446 g/mol. The maximum atomic E-state index is 11.1. The van der Waals surface area contributed by atoms with Crippen LogP contribution in [0.1, 0.15) is 72.2 Å². The van der Waals surface area contributed by atoms with Gasteiger partial charge in [0.2, 0.25) is 0 Å². The van der Waals surface area contributed by atoms with Gasteiger partial charge in [-0.3, -0.25) is 4.98 Å². The first-order chi connectivity index (χ1) is 13.4. The van der Waals surface area contributed by atoms with E-state index in [1.165, 1.54) is 6.42 Å². The Morgan fingerprint density at radius 1 is 1.29 bits per heavy atom. The van der Waals surface area contributed by atoms with Crippen molar-refractivity contribution in [3.63, 3.8) is 0 Å². The van der Waals surface area contributed by atoms with Crippen LogP contribution < -0.4 is 4.74 Å². The first-order valence-electron chi connectivity index (χ1n) is 9.85. The summed E-state index contributed by atoms with van der Waals surface area (Å²) in [5.74, 6) is 1.26. The normalized spacial score (nSPS) is 16.0. The van der Waals surface area contributed by atoms with Gasteiger partial charge in [-0.15, -0.1) is 0 Å². The Kier molecular flexibility index (Phi) is 6.78. The Hall–Kier alpha value is -1.85. The Morgan fingerprint density at radius 2 is 2.00 bits per heavy atom. The van der Waals surface area contributed by atoms with Gasteiger partial charge in [0, 0.05) is 21.5 Å². The molecule has 1 aliphatic rings. The van der Waals surface area contributed by atoms with Crippen molar-refractivity contribution >= 4 is 15.9 Å². The number of hydrogen-bond donors (Lipinski definition) is 2. The van der Waals surface area contributed by atoms with Crippen LogP contribution >= 0.6 is 15.9 Å². The van der Waals surface area contributed by atoms with Gasteiger partial charge in [0.05, 0.1) is 11.4 Å². The third-order valence-electron chi connectivity index (χ3n) is 5.53. The molecule has 0 aliphatic heterocycles. The van der Waals surface area contributed by atoms with Crippen LogP contribution in [-0.4, -0.2) is 21.8 Å². The van der Waals surface area contributed by atoms with Crippen LogP contribution in [0.2, 0.25) is 0 Å². The summed E-state index contributed by atoms with van der Waals surface area (Å²) in [6, 6.07) is 5.30. The number of nitrogens with zero attached hydrogens (tertiary/aromatic N) is 1. The van der Waals surface area contributed by atoms with E-state index in [0.29, 0.717) is 18.0 Å². The minimum absolute atomic E-state index is 0.225. The summed E-state index contributed by atoms with van der Waals surface area (Å²) < 4.78 is 6.54. The molecule has 28 heavy (non-hydrogen) atoms. The van der Waals surface area contributed by atoms with E-state index in [1.54, 1.807) is 18.2 Å². The van der Waals surface area contributed by atoms with E-state index >= 15 is 0 Å². The average Bonchev–Trinajstić information content (AvgIpc) is 2.70. The number of aliphatic hydroxyl groups is 1. The number of pyridine rings is 1. The molecule has 3 rings (SSSR count). The topological polar surface area (TPSA) is 62.6 Å². The number of halogens is 1. The lowest BCUT2D eigenvalue weighted by Crippen LogP contribution is -2.12. The summed E-state index contributed by atoms with van der Waals surface area (Å²) >= 11 is 3.64. The number of hydrogen-bond acceptors (Lipinski definition) is 4. The molecule has 4 nitrogen and oxygen atoms in total. The first kappa shape index (κ1) is 20.9. The zero-order valence-corrected chi connectivity index (χ0v) is 18.1. The number of aryl methyl sites for hydroxylation is 1. The molecule has 5 heteroatoms. The maximum absolute atomic E-state index is 11.1. The fourth-order valence-electron chi connectivity index (χ4n) is 3.96. The third kappa shape index (κ3) is 4.26. The molecule has 1 aromatic carbocycles. The van der Waals surface area contributed by atoms with Crippen molar-refractivity contribution in [1.29, 1.82) is 0 Å². The summed E-state index contributed by atoms with van der Waals surface area (Å²) in [6.07, 6.45) is 6.46. The molecule has 0 amide bonds. The Balaban J connectivity index is 1.96. The summed E-state index contributed by atoms with van der Waals surface area (Å²) in [5, 5.41) is 21.5. The summed E-state index contributed by atoms with van der Waals surface area (Å²) in [5.41, 5.74) is 3.89. The van der Waals surface area contributed by atoms with E-state index < -0.39 is 6.10 Å². The van der Waals surface area contributed by atoms with E-state index in [4.69, 9.17) is 9.72 Å². The van der Waals surface area contributed by atoms with Crippen molar-refractivity contribution in [3.05, 3.63) is 63.4 Å². The molecule has 1 atom stereocenters. The van der Waals surface area contributed by atoms with Crippen LogP contribution in [0.4, 0.5) is 0 Å². The lowest BCUT2D eigenvalue weighted by Gasteiger charge is -2.24. The van der Waals surface area contributed by atoms with Gasteiger partial charge in [0.15, 0.2) is 0 Å². The number of aromatic hydroxyl groups is 1. The van der Waals surface area contributed by atoms with Gasteiger partial charge in [0.25, 0.3) is 0 Å². The lowest BCUT2D eigenvalue weighted by atomic mass is 9.86. The van der Waals surface area contributed by atoms with Gasteiger partial charge in [-0.1, -0.05) is 31.9 Å². The molecule has 1 aliphatic carbocycles. The van der Waals surface area contributed by atoms with Gasteiger partial charge in [0.1, 0.15) is 24.2 Å². The molecule has 0 spiro atoms. The fourth-order valence-corrected chi connectivity index (χ4v) is 4.69. The van der Waals surface area contributed by atoms with E-state index in [0.717, 1.165) is 52.6 Å². The Labute approximate surface area is 175 Å². The molecule has 1 fully saturated rings. The molecule has 1 aromatic heterocycles. The number of aliphatic hydroxyl groups excluding tert-OH is 1. The lowest BCUT2D eigenvalue weighted by molar-refractivity contribution is 0.212. The zero-order valence-electron chi connectivity index (χ0n) is 16.5. The molecule has 0 radical (unpaired) electrons. The first-order valence-corrected chi connectivity index (χ1v) is 10.6. The van der Waals surface area contributed by atoms with Gasteiger partial charge < -0.3 is 14.9 Å². The van der Waals surface area contributed by atoms with Gasteiger partial charge in [-0.2, -0.15) is 0 Å². The van der Waals surface area contributed by atoms with Gasteiger partial charge in [-0.25, -0.2) is 0 Å². The highest BCUT2D eigenvalue weighted by Gasteiger charge is 2.25. The van der Waals surface area contributed by atoms with Crippen LogP contribution in [0.25, 0.3) is 0 Å². The fraction of sp³-hybridized carbons (Fsp3) is 0.435. The molecule has 1 heterocycles. The molecule has 150 valence electrons. The highest BCUT2D eigenvalue weighted by molar-refractivity contribution is 9.10. The minimum atomic E-state index is -0.885. The van der Waals surface area contributed by atoms with E-state index in [-0.39, 0.29) is 11.7 Å². The van der Waals surface area contributed by atoms with Crippen LogP contribution in [0.15, 0.2) is 35.3 Å². The molecular formula is C23H28BrNO3. The number of benzene rings is 1. The largest absolute Gasteiger partial charge is 0.506 e. The quantitative estimate of drug-likeness (QED) is 0.546. The minimum Gasteiger partial charge on any atom is -0.506 e. The number of aromatic nitrogens is 1. The van der Waals surface area contributed by atoms with Crippen molar-refractivity contribution in [2.45, 2.75) is 58.0 Å². The standard InChI is InChI=1S/C23H28BrNO3/c1-4-12-28-19-13-14(2)20(21(24)15(19)3)23(27)17-10-11-18(26)22(25-17)16-8-6-5-7-9-16/h4,10-11,13,16,23,26-27H,1,5-9,12H2,2-3H3.